The Balaban J connectivity index is 1.41. The van der Waals surface area contributed by atoms with Crippen molar-refractivity contribution in [1.29, 1.82) is 0 Å². The van der Waals surface area contributed by atoms with Crippen LogP contribution in [0.3, 0.4) is 0 Å². The first kappa shape index (κ1) is 17.1. The number of nitrogens with one attached hydrogen (secondary N) is 1. The van der Waals surface area contributed by atoms with Gasteiger partial charge in [-0.15, -0.1) is 0 Å². The van der Waals surface area contributed by atoms with Crippen LogP contribution in [-0.2, 0) is 11.2 Å². The molecule has 0 aromatic heterocycles. The second-order valence-electron chi connectivity index (χ2n) is 6.67. The van der Waals surface area contributed by atoms with E-state index in [4.69, 9.17) is 4.74 Å². The monoisotopic (exact) mass is 338 g/mol. The van der Waals surface area contributed by atoms with Crippen LogP contribution in [0.25, 0.3) is 0 Å². The summed E-state index contributed by atoms with van der Waals surface area (Å²) in [6.07, 6.45) is 3.73. The molecule has 2 aliphatic heterocycles. The van der Waals surface area contributed by atoms with Crippen LogP contribution < -0.4 is 5.32 Å². The number of carbonyl (C=O) groups excluding carboxylic acids is 1. The highest BCUT2D eigenvalue weighted by Gasteiger charge is 2.32. The van der Waals surface area contributed by atoms with Gasteiger partial charge in [-0.2, -0.15) is 0 Å². The molecule has 1 unspecified atom stereocenters. The lowest BCUT2D eigenvalue weighted by Gasteiger charge is -2.27. The second kappa shape index (κ2) is 7.92. The Hall–Kier alpha value is -1.69. The Morgan fingerprint density at radius 3 is 2.71 bits per heavy atom. The van der Waals surface area contributed by atoms with Gasteiger partial charge in [0.1, 0.15) is 0 Å². The topological polar surface area (TPSA) is 41.6 Å². The molecule has 1 N–H and O–H groups in total. The number of carbonyl (C=O) groups is 1. The molecule has 4 nitrogen and oxygen atoms in total. The minimum atomic E-state index is -0.849. The molecule has 3 rings (SSSR count). The molecule has 0 radical (unpaired) electrons. The predicted molar refractivity (Wildman–Crippen MR) is 86.7 cm³/mol. The molecule has 0 bridgehead atoms. The third-order valence-electron chi connectivity index (χ3n) is 5.12. The standard InChI is InChI=1S/C18H24F2N2O2/c19-16-2-1-13(11-17(16)20)3-7-21-18(23)22-8-4-15(12-22)14-5-9-24-10-6-14/h1-2,11,14-15H,3-10,12H2,(H,21,23). The normalized spacial score (nSPS) is 21.9. The summed E-state index contributed by atoms with van der Waals surface area (Å²) in [6, 6.07) is 3.78. The predicted octanol–water partition coefficient (Wildman–Crippen LogP) is 2.97. The molecule has 132 valence electrons. The fourth-order valence-electron chi connectivity index (χ4n) is 3.66. The number of nitrogens with zero attached hydrogens (tertiary/aromatic N) is 1. The largest absolute Gasteiger partial charge is 0.381 e. The smallest absolute Gasteiger partial charge is 0.317 e. The molecule has 2 saturated heterocycles. The van der Waals surface area contributed by atoms with Crippen molar-refractivity contribution in [3.05, 3.63) is 35.4 Å². The van der Waals surface area contributed by atoms with Crippen LogP contribution in [0, 0.1) is 23.5 Å². The lowest BCUT2D eigenvalue weighted by atomic mass is 9.85. The van der Waals surface area contributed by atoms with Crippen molar-refractivity contribution in [1.82, 2.24) is 10.2 Å². The van der Waals surface area contributed by atoms with Crippen molar-refractivity contribution in [2.45, 2.75) is 25.7 Å². The fourth-order valence-corrected chi connectivity index (χ4v) is 3.66. The molecule has 2 aliphatic rings. The zero-order valence-electron chi connectivity index (χ0n) is 13.8. The molecule has 6 heteroatoms. The Kier molecular flexibility index (Phi) is 5.66. The summed E-state index contributed by atoms with van der Waals surface area (Å²) in [6.45, 7) is 3.69. The van der Waals surface area contributed by atoms with Gasteiger partial charge in [0, 0.05) is 32.8 Å². The van der Waals surface area contributed by atoms with Gasteiger partial charge in [0.2, 0.25) is 0 Å². The Morgan fingerprint density at radius 1 is 1.17 bits per heavy atom. The van der Waals surface area contributed by atoms with Gasteiger partial charge in [0.05, 0.1) is 0 Å². The van der Waals surface area contributed by atoms with E-state index in [2.05, 4.69) is 5.32 Å². The quantitative estimate of drug-likeness (QED) is 0.917. The first-order chi connectivity index (χ1) is 11.6. The molecule has 2 amide bonds. The zero-order chi connectivity index (χ0) is 16.9. The van der Waals surface area contributed by atoms with Gasteiger partial charge in [-0.3, -0.25) is 0 Å². The first-order valence-electron chi connectivity index (χ1n) is 8.68. The van der Waals surface area contributed by atoms with Gasteiger partial charge in [-0.05, 0) is 55.2 Å². The van der Waals surface area contributed by atoms with Gasteiger partial charge >= 0.3 is 6.03 Å². The lowest BCUT2D eigenvalue weighted by Crippen LogP contribution is -2.40. The van der Waals surface area contributed by atoms with Crippen LogP contribution >= 0.6 is 0 Å². The Morgan fingerprint density at radius 2 is 1.96 bits per heavy atom. The summed E-state index contributed by atoms with van der Waals surface area (Å²) < 4.78 is 31.4. The number of amides is 2. The summed E-state index contributed by atoms with van der Waals surface area (Å²) >= 11 is 0. The summed E-state index contributed by atoms with van der Waals surface area (Å²) in [5.74, 6) is -0.457. The van der Waals surface area contributed by atoms with E-state index >= 15 is 0 Å². The van der Waals surface area contributed by atoms with Crippen molar-refractivity contribution >= 4 is 6.03 Å². The van der Waals surface area contributed by atoms with Crippen LogP contribution in [-0.4, -0.2) is 43.8 Å². The SMILES string of the molecule is O=C(NCCc1ccc(F)c(F)c1)N1CCC(C2CCOCC2)C1. The van der Waals surface area contributed by atoms with Crippen LogP contribution in [0.2, 0.25) is 0 Å². The lowest BCUT2D eigenvalue weighted by molar-refractivity contribution is 0.0484. The van der Waals surface area contributed by atoms with Crippen LogP contribution in [0.5, 0.6) is 0 Å². The van der Waals surface area contributed by atoms with Crippen LogP contribution in [0.4, 0.5) is 13.6 Å². The van der Waals surface area contributed by atoms with E-state index in [0.717, 1.165) is 51.6 Å². The van der Waals surface area contributed by atoms with E-state index in [0.29, 0.717) is 30.4 Å². The number of likely N-dealkylation sites (tertiary alicyclic amines) is 1. The molecule has 2 fully saturated rings. The van der Waals surface area contributed by atoms with Gasteiger partial charge in [0.15, 0.2) is 11.6 Å². The van der Waals surface area contributed by atoms with Crippen molar-refractivity contribution in [3.8, 4) is 0 Å². The van der Waals surface area contributed by atoms with Gasteiger partial charge in [-0.25, -0.2) is 13.6 Å². The summed E-state index contributed by atoms with van der Waals surface area (Å²) in [5, 5.41) is 2.88. The maximum Gasteiger partial charge on any atom is 0.317 e. The maximum absolute atomic E-state index is 13.2. The van der Waals surface area contributed by atoms with E-state index in [-0.39, 0.29) is 6.03 Å². The van der Waals surface area contributed by atoms with Crippen LogP contribution in [0.1, 0.15) is 24.8 Å². The van der Waals surface area contributed by atoms with E-state index < -0.39 is 11.6 Å². The number of rotatable bonds is 4. The highest BCUT2D eigenvalue weighted by molar-refractivity contribution is 5.74. The number of hydrogen-bond acceptors (Lipinski definition) is 2. The Bertz CT molecular complexity index is 576. The third kappa shape index (κ3) is 4.23. The average molecular weight is 338 g/mol. The summed E-state index contributed by atoms with van der Waals surface area (Å²) in [7, 11) is 0. The molecule has 1 aromatic rings. The highest BCUT2D eigenvalue weighted by Crippen LogP contribution is 2.31. The van der Waals surface area contributed by atoms with Crippen molar-refractivity contribution < 1.29 is 18.3 Å². The minimum Gasteiger partial charge on any atom is -0.381 e. The zero-order valence-corrected chi connectivity index (χ0v) is 13.8. The number of halogens is 2. The van der Waals surface area contributed by atoms with Crippen molar-refractivity contribution in [2.75, 3.05) is 32.8 Å². The van der Waals surface area contributed by atoms with E-state index in [1.54, 1.807) is 6.07 Å². The van der Waals surface area contributed by atoms with Gasteiger partial charge in [-0.1, -0.05) is 6.07 Å². The maximum atomic E-state index is 13.2. The van der Waals surface area contributed by atoms with E-state index in [9.17, 15) is 13.6 Å². The molecule has 24 heavy (non-hydrogen) atoms. The summed E-state index contributed by atoms with van der Waals surface area (Å²) in [4.78, 5) is 14.1. The fraction of sp³-hybridized carbons (Fsp3) is 0.611. The molecule has 0 aliphatic carbocycles. The molecule has 1 aromatic carbocycles. The van der Waals surface area contributed by atoms with Crippen LogP contribution in [0.15, 0.2) is 18.2 Å². The first-order valence-corrected chi connectivity index (χ1v) is 8.68. The molecule has 0 spiro atoms. The van der Waals surface area contributed by atoms with Crippen molar-refractivity contribution in [3.63, 3.8) is 0 Å². The van der Waals surface area contributed by atoms with Gasteiger partial charge < -0.3 is 15.0 Å². The minimum absolute atomic E-state index is 0.0628. The third-order valence-corrected chi connectivity index (χ3v) is 5.12. The molecule has 1 atom stereocenters. The molecular weight excluding hydrogens is 314 g/mol. The average Bonchev–Trinajstić information content (AvgIpc) is 3.09. The van der Waals surface area contributed by atoms with Crippen molar-refractivity contribution in [2.24, 2.45) is 11.8 Å². The Labute approximate surface area is 141 Å². The molecule has 2 heterocycles. The van der Waals surface area contributed by atoms with E-state index in [1.807, 2.05) is 4.90 Å². The number of hydrogen-bond donors (Lipinski definition) is 1. The number of urea groups is 1. The second-order valence-corrected chi connectivity index (χ2v) is 6.67. The highest BCUT2D eigenvalue weighted by atomic mass is 19.2. The number of benzene rings is 1. The number of ether oxygens (including phenoxy) is 1. The summed E-state index contributed by atoms with van der Waals surface area (Å²) in [5.41, 5.74) is 0.677. The molecule has 0 saturated carbocycles. The molecular formula is C18H24F2N2O2. The van der Waals surface area contributed by atoms with Gasteiger partial charge in [0.25, 0.3) is 0 Å². The van der Waals surface area contributed by atoms with E-state index in [1.165, 1.54) is 6.07 Å².